The third-order valence-electron chi connectivity index (χ3n) is 3.09. The van der Waals surface area contributed by atoms with Crippen LogP contribution in [-0.2, 0) is 6.54 Å². The Balaban J connectivity index is 1.67. The van der Waals surface area contributed by atoms with Gasteiger partial charge in [-0.3, -0.25) is 4.79 Å². The first kappa shape index (κ1) is 15.7. The molecule has 0 aliphatic rings. The summed E-state index contributed by atoms with van der Waals surface area (Å²) in [6.07, 6.45) is 0. The van der Waals surface area contributed by atoms with Crippen molar-refractivity contribution < 1.29 is 9.32 Å². The van der Waals surface area contributed by atoms with E-state index in [2.05, 4.69) is 31.4 Å². The summed E-state index contributed by atoms with van der Waals surface area (Å²) >= 11 is 9.18. The number of amides is 1. The monoisotopic (exact) mass is 391 g/mol. The summed E-state index contributed by atoms with van der Waals surface area (Å²) < 4.78 is 5.87. The van der Waals surface area contributed by atoms with Crippen molar-refractivity contribution >= 4 is 33.4 Å². The molecule has 0 atom stereocenters. The van der Waals surface area contributed by atoms with E-state index >= 15 is 0 Å². The largest absolute Gasteiger partial charge is 0.343 e. The highest BCUT2D eigenvalue weighted by molar-refractivity contribution is 9.10. The minimum absolute atomic E-state index is 0.154. The first-order valence-corrected chi connectivity index (χ1v) is 7.92. The molecule has 0 aliphatic carbocycles. The van der Waals surface area contributed by atoms with E-state index in [1.807, 2.05) is 6.07 Å². The number of aromatic nitrogens is 2. The maximum Gasteiger partial charge on any atom is 0.252 e. The highest BCUT2D eigenvalue weighted by Crippen LogP contribution is 2.19. The van der Waals surface area contributed by atoms with Gasteiger partial charge in [0, 0.05) is 15.1 Å². The fourth-order valence-electron chi connectivity index (χ4n) is 1.94. The summed E-state index contributed by atoms with van der Waals surface area (Å²) in [5.41, 5.74) is 1.34. The van der Waals surface area contributed by atoms with E-state index in [4.69, 9.17) is 16.1 Å². The molecule has 0 radical (unpaired) electrons. The maximum absolute atomic E-state index is 12.1. The molecule has 3 rings (SSSR count). The number of nitrogens with zero attached hydrogens (tertiary/aromatic N) is 2. The number of rotatable bonds is 4. The average Bonchev–Trinajstić information content (AvgIpc) is 3.03. The molecule has 1 amide bonds. The number of hydrogen-bond donors (Lipinski definition) is 1. The molecule has 7 heteroatoms. The molecule has 0 saturated carbocycles. The molecular weight excluding hydrogens is 382 g/mol. The van der Waals surface area contributed by atoms with Crippen molar-refractivity contribution in [3.05, 3.63) is 69.5 Å². The van der Waals surface area contributed by atoms with Crippen LogP contribution in [0.5, 0.6) is 0 Å². The van der Waals surface area contributed by atoms with E-state index in [1.165, 1.54) is 0 Å². The third-order valence-corrected chi connectivity index (χ3v) is 4.03. The molecule has 0 unspecified atom stereocenters. The second kappa shape index (κ2) is 6.93. The normalized spacial score (nSPS) is 10.5. The minimum Gasteiger partial charge on any atom is -0.343 e. The number of hydrogen-bond acceptors (Lipinski definition) is 4. The second-order valence-corrected chi connectivity index (χ2v) is 5.97. The predicted molar refractivity (Wildman–Crippen MR) is 90.1 cm³/mol. The van der Waals surface area contributed by atoms with Crippen molar-refractivity contribution in [1.82, 2.24) is 15.5 Å². The smallest absolute Gasteiger partial charge is 0.252 e. The Labute approximate surface area is 145 Å². The van der Waals surface area contributed by atoms with Gasteiger partial charge in [0.05, 0.1) is 12.1 Å². The van der Waals surface area contributed by atoms with Gasteiger partial charge in [0.1, 0.15) is 0 Å². The molecule has 5 nitrogen and oxygen atoms in total. The van der Waals surface area contributed by atoms with E-state index in [1.54, 1.807) is 42.5 Å². The summed E-state index contributed by atoms with van der Waals surface area (Å²) in [6.45, 7) is 0.154. The van der Waals surface area contributed by atoms with E-state index in [9.17, 15) is 4.79 Å². The van der Waals surface area contributed by atoms with E-state index < -0.39 is 0 Å². The SMILES string of the molecule is O=C(NCc1nc(-c2ccc(Cl)cc2)no1)c1ccccc1Br. The van der Waals surface area contributed by atoms with Crippen LogP contribution in [0.15, 0.2) is 57.5 Å². The zero-order valence-electron chi connectivity index (χ0n) is 11.8. The lowest BCUT2D eigenvalue weighted by atomic mass is 10.2. The van der Waals surface area contributed by atoms with Crippen molar-refractivity contribution in [2.75, 3.05) is 0 Å². The van der Waals surface area contributed by atoms with Crippen molar-refractivity contribution in [3.63, 3.8) is 0 Å². The standard InChI is InChI=1S/C16H11BrClN3O2/c17-13-4-2-1-3-12(13)16(22)19-9-14-20-15(21-23-14)10-5-7-11(18)8-6-10/h1-8H,9H2,(H,19,22). The minimum atomic E-state index is -0.219. The van der Waals surface area contributed by atoms with Crippen LogP contribution in [0.4, 0.5) is 0 Å². The van der Waals surface area contributed by atoms with Crippen LogP contribution in [0.2, 0.25) is 5.02 Å². The second-order valence-electron chi connectivity index (χ2n) is 4.68. The number of halogens is 2. The lowest BCUT2D eigenvalue weighted by molar-refractivity contribution is 0.0945. The molecule has 1 N–H and O–H groups in total. The van der Waals surface area contributed by atoms with Crippen LogP contribution in [0, 0.1) is 0 Å². The van der Waals surface area contributed by atoms with Crippen LogP contribution >= 0.6 is 27.5 Å². The van der Waals surface area contributed by atoms with Crippen LogP contribution < -0.4 is 5.32 Å². The Bertz CT molecular complexity index is 833. The topological polar surface area (TPSA) is 68.0 Å². The Morgan fingerprint density at radius 3 is 2.65 bits per heavy atom. The fraction of sp³-hybridized carbons (Fsp3) is 0.0625. The summed E-state index contributed by atoms with van der Waals surface area (Å²) in [6, 6.07) is 14.3. The van der Waals surface area contributed by atoms with Crippen molar-refractivity contribution in [2.24, 2.45) is 0 Å². The van der Waals surface area contributed by atoms with E-state index in [0.29, 0.717) is 22.3 Å². The third kappa shape index (κ3) is 3.78. The van der Waals surface area contributed by atoms with Crippen LogP contribution in [0.1, 0.15) is 16.2 Å². The van der Waals surface area contributed by atoms with Gasteiger partial charge in [-0.05, 0) is 52.3 Å². The Hall–Kier alpha value is -2.18. The highest BCUT2D eigenvalue weighted by Gasteiger charge is 2.12. The van der Waals surface area contributed by atoms with Crippen LogP contribution in [-0.4, -0.2) is 16.0 Å². The Morgan fingerprint density at radius 2 is 1.91 bits per heavy atom. The van der Waals surface area contributed by atoms with Gasteiger partial charge in [-0.15, -0.1) is 0 Å². The van der Waals surface area contributed by atoms with Gasteiger partial charge < -0.3 is 9.84 Å². The van der Waals surface area contributed by atoms with Crippen LogP contribution in [0.3, 0.4) is 0 Å². The van der Waals surface area contributed by atoms with Crippen molar-refractivity contribution in [2.45, 2.75) is 6.54 Å². The maximum atomic E-state index is 12.1. The lowest BCUT2D eigenvalue weighted by Crippen LogP contribution is -2.23. The predicted octanol–water partition coefficient (Wildman–Crippen LogP) is 4.08. The molecule has 0 fully saturated rings. The fourth-order valence-corrected chi connectivity index (χ4v) is 2.53. The summed E-state index contributed by atoms with van der Waals surface area (Å²) in [4.78, 5) is 16.4. The first-order chi connectivity index (χ1) is 11.1. The summed E-state index contributed by atoms with van der Waals surface area (Å²) in [5, 5.41) is 7.28. The molecule has 1 heterocycles. The van der Waals surface area contributed by atoms with Crippen LogP contribution in [0.25, 0.3) is 11.4 Å². The molecule has 0 spiro atoms. The number of nitrogens with one attached hydrogen (secondary N) is 1. The summed E-state index contributed by atoms with van der Waals surface area (Å²) in [5.74, 6) is 0.561. The molecule has 23 heavy (non-hydrogen) atoms. The van der Waals surface area contributed by atoms with Gasteiger partial charge in [-0.2, -0.15) is 4.98 Å². The lowest BCUT2D eigenvalue weighted by Gasteiger charge is -2.03. The molecule has 116 valence electrons. The molecule has 2 aromatic carbocycles. The zero-order chi connectivity index (χ0) is 16.2. The Kier molecular flexibility index (Phi) is 4.73. The quantitative estimate of drug-likeness (QED) is 0.726. The van der Waals surface area contributed by atoms with Gasteiger partial charge in [0.15, 0.2) is 0 Å². The van der Waals surface area contributed by atoms with Crippen molar-refractivity contribution in [1.29, 1.82) is 0 Å². The van der Waals surface area contributed by atoms with Gasteiger partial charge in [-0.25, -0.2) is 0 Å². The molecule has 0 saturated heterocycles. The van der Waals surface area contributed by atoms with E-state index in [0.717, 1.165) is 10.0 Å². The highest BCUT2D eigenvalue weighted by atomic mass is 79.9. The van der Waals surface area contributed by atoms with Gasteiger partial charge >= 0.3 is 0 Å². The average molecular weight is 393 g/mol. The molecule has 0 aliphatic heterocycles. The Morgan fingerprint density at radius 1 is 1.17 bits per heavy atom. The molecule has 0 bridgehead atoms. The van der Waals surface area contributed by atoms with Gasteiger partial charge in [0.25, 0.3) is 5.91 Å². The summed E-state index contributed by atoms with van der Waals surface area (Å²) in [7, 11) is 0. The molecule has 3 aromatic rings. The number of benzene rings is 2. The molecule has 1 aromatic heterocycles. The number of carbonyl (C=O) groups is 1. The van der Waals surface area contributed by atoms with Crippen molar-refractivity contribution in [3.8, 4) is 11.4 Å². The van der Waals surface area contributed by atoms with Gasteiger partial charge in [-0.1, -0.05) is 28.9 Å². The molecular formula is C16H11BrClN3O2. The van der Waals surface area contributed by atoms with Gasteiger partial charge in [0.2, 0.25) is 11.7 Å². The number of carbonyl (C=O) groups excluding carboxylic acids is 1. The zero-order valence-corrected chi connectivity index (χ0v) is 14.1. The first-order valence-electron chi connectivity index (χ1n) is 6.75. The van der Waals surface area contributed by atoms with E-state index in [-0.39, 0.29) is 12.5 Å².